The lowest BCUT2D eigenvalue weighted by molar-refractivity contribution is -0.139. The zero-order valence-corrected chi connectivity index (χ0v) is 31.4. The van der Waals surface area contributed by atoms with Crippen molar-refractivity contribution in [3.63, 3.8) is 0 Å². The second-order valence-electron chi connectivity index (χ2n) is 11.6. The van der Waals surface area contributed by atoms with Crippen molar-refractivity contribution in [1.82, 2.24) is 4.57 Å². The molecular formula is C39H35IN2O8S. The summed E-state index contributed by atoms with van der Waals surface area (Å²) in [6, 6.07) is 21.0. The minimum absolute atomic E-state index is 0.131. The number of carboxylic acids is 1. The molecule has 0 unspecified atom stereocenters. The highest BCUT2D eigenvalue weighted by molar-refractivity contribution is 14.1. The number of benzene rings is 4. The van der Waals surface area contributed by atoms with E-state index in [0.29, 0.717) is 61.0 Å². The van der Waals surface area contributed by atoms with Crippen molar-refractivity contribution in [2.75, 3.05) is 20.8 Å². The van der Waals surface area contributed by atoms with Gasteiger partial charge in [-0.1, -0.05) is 67.1 Å². The Hall–Kier alpha value is -4.95. The Morgan fingerprint density at radius 3 is 2.51 bits per heavy atom. The first-order valence-electron chi connectivity index (χ1n) is 16.3. The van der Waals surface area contributed by atoms with Gasteiger partial charge in [-0.3, -0.25) is 9.36 Å². The van der Waals surface area contributed by atoms with Crippen LogP contribution in [0.25, 0.3) is 16.8 Å². The van der Waals surface area contributed by atoms with E-state index in [1.54, 1.807) is 48.9 Å². The molecule has 51 heavy (non-hydrogen) atoms. The van der Waals surface area contributed by atoms with E-state index in [2.05, 4.69) is 22.6 Å². The number of esters is 1. The number of aromatic nitrogens is 1. The summed E-state index contributed by atoms with van der Waals surface area (Å²) in [5.74, 6) is -0.0619. The van der Waals surface area contributed by atoms with Gasteiger partial charge in [0.25, 0.3) is 5.56 Å². The zero-order chi connectivity index (χ0) is 36.2. The molecule has 10 nitrogen and oxygen atoms in total. The fraction of sp³-hybridized carbons (Fsp3) is 0.231. The molecule has 0 bridgehead atoms. The lowest BCUT2D eigenvalue weighted by Gasteiger charge is -2.28. The van der Waals surface area contributed by atoms with E-state index in [1.807, 2.05) is 49.4 Å². The van der Waals surface area contributed by atoms with Gasteiger partial charge in [-0.05, 0) is 94.2 Å². The van der Waals surface area contributed by atoms with E-state index in [1.165, 1.54) is 24.5 Å². The highest BCUT2D eigenvalue weighted by Crippen LogP contribution is 2.41. The predicted molar refractivity (Wildman–Crippen MR) is 204 cm³/mol. The van der Waals surface area contributed by atoms with Crippen LogP contribution in [0.4, 0.5) is 0 Å². The number of methoxy groups -OCH3 is 2. The van der Waals surface area contributed by atoms with Crippen LogP contribution in [0.2, 0.25) is 0 Å². The van der Waals surface area contributed by atoms with Crippen molar-refractivity contribution >= 4 is 62.7 Å². The third-order valence-electron chi connectivity index (χ3n) is 8.42. The lowest BCUT2D eigenvalue weighted by Crippen LogP contribution is -2.40. The SMILES string of the molecule is CCCC1=C(C(=O)OCC)[C@H](c2c(OC)ccc3ccccc23)n2c(s/c(=C\c3cc(I)c(OCc4cccc(C(=O)O)c4)c(OC)c3)c2=O)=N1. The Labute approximate surface area is 311 Å². The number of fused-ring (bicyclic) bond motifs is 2. The van der Waals surface area contributed by atoms with E-state index < -0.39 is 18.0 Å². The van der Waals surface area contributed by atoms with Gasteiger partial charge in [0.15, 0.2) is 16.3 Å². The number of nitrogens with zero attached hydrogens (tertiary/aromatic N) is 2. The van der Waals surface area contributed by atoms with Crippen LogP contribution < -0.4 is 29.1 Å². The molecule has 0 radical (unpaired) electrons. The number of allylic oxidation sites excluding steroid dienone is 1. The molecule has 4 aromatic carbocycles. The van der Waals surface area contributed by atoms with Gasteiger partial charge in [0.2, 0.25) is 0 Å². The summed E-state index contributed by atoms with van der Waals surface area (Å²) in [5.41, 5.74) is 2.82. The topological polar surface area (TPSA) is 126 Å². The molecule has 12 heteroatoms. The Balaban J connectivity index is 1.50. The smallest absolute Gasteiger partial charge is 0.338 e. The molecule has 0 spiro atoms. The molecule has 6 rings (SSSR count). The van der Waals surface area contributed by atoms with E-state index in [-0.39, 0.29) is 24.3 Å². The first kappa shape index (κ1) is 35.9. The van der Waals surface area contributed by atoms with Crippen LogP contribution in [0.3, 0.4) is 0 Å². The van der Waals surface area contributed by atoms with Crippen LogP contribution in [0, 0.1) is 3.57 Å². The Morgan fingerprint density at radius 1 is 1.00 bits per heavy atom. The maximum Gasteiger partial charge on any atom is 0.338 e. The number of halogens is 1. The fourth-order valence-electron chi connectivity index (χ4n) is 6.19. The molecule has 1 N–H and O–H groups in total. The van der Waals surface area contributed by atoms with Crippen molar-refractivity contribution in [3.05, 3.63) is 130 Å². The van der Waals surface area contributed by atoms with Gasteiger partial charge in [0.05, 0.1) is 45.8 Å². The highest BCUT2D eigenvalue weighted by atomic mass is 127. The average Bonchev–Trinajstić information content (AvgIpc) is 3.43. The summed E-state index contributed by atoms with van der Waals surface area (Å²) in [6.45, 7) is 4.07. The molecule has 1 aromatic heterocycles. The number of rotatable bonds is 12. The second-order valence-corrected chi connectivity index (χ2v) is 13.8. The number of hydrogen-bond acceptors (Lipinski definition) is 9. The van der Waals surface area contributed by atoms with E-state index >= 15 is 0 Å². The first-order valence-corrected chi connectivity index (χ1v) is 18.2. The van der Waals surface area contributed by atoms with Crippen molar-refractivity contribution in [3.8, 4) is 17.2 Å². The van der Waals surface area contributed by atoms with Gasteiger partial charge in [0, 0.05) is 5.56 Å². The van der Waals surface area contributed by atoms with E-state index in [0.717, 1.165) is 20.8 Å². The predicted octanol–water partition coefficient (Wildman–Crippen LogP) is 6.63. The number of carbonyl (C=O) groups is 2. The Kier molecular flexibility index (Phi) is 10.9. The van der Waals surface area contributed by atoms with Gasteiger partial charge in [-0.25, -0.2) is 14.6 Å². The summed E-state index contributed by atoms with van der Waals surface area (Å²) in [4.78, 5) is 45.1. The molecule has 1 aliphatic rings. The molecule has 0 saturated heterocycles. The molecule has 0 amide bonds. The molecule has 1 aliphatic heterocycles. The quantitative estimate of drug-likeness (QED) is 0.110. The molecule has 0 aliphatic carbocycles. The van der Waals surface area contributed by atoms with Crippen LogP contribution in [0.5, 0.6) is 17.2 Å². The van der Waals surface area contributed by atoms with Crippen LogP contribution >= 0.6 is 33.9 Å². The first-order chi connectivity index (χ1) is 24.7. The third-order valence-corrected chi connectivity index (χ3v) is 10.2. The number of carbonyl (C=O) groups excluding carboxylic acids is 1. The molecular weight excluding hydrogens is 783 g/mol. The molecule has 0 fully saturated rings. The van der Waals surface area contributed by atoms with Crippen molar-refractivity contribution in [2.24, 2.45) is 4.99 Å². The van der Waals surface area contributed by atoms with Crippen LogP contribution in [0.1, 0.15) is 59.8 Å². The summed E-state index contributed by atoms with van der Waals surface area (Å²) in [6.07, 6.45) is 3.02. The number of thiazole rings is 1. The maximum absolute atomic E-state index is 14.5. The number of hydrogen-bond donors (Lipinski definition) is 1. The molecule has 1 atom stereocenters. The van der Waals surface area contributed by atoms with E-state index in [9.17, 15) is 19.5 Å². The maximum atomic E-state index is 14.5. The largest absolute Gasteiger partial charge is 0.496 e. The van der Waals surface area contributed by atoms with Gasteiger partial charge in [0.1, 0.15) is 18.4 Å². The fourth-order valence-corrected chi connectivity index (χ4v) is 7.99. The highest BCUT2D eigenvalue weighted by Gasteiger charge is 2.37. The van der Waals surface area contributed by atoms with Gasteiger partial charge in [-0.15, -0.1) is 0 Å². The average molecular weight is 819 g/mol. The molecule has 0 saturated carbocycles. The molecule has 2 heterocycles. The van der Waals surface area contributed by atoms with Gasteiger partial charge in [-0.2, -0.15) is 0 Å². The Morgan fingerprint density at radius 2 is 1.78 bits per heavy atom. The Bertz CT molecular complexity index is 2380. The van der Waals surface area contributed by atoms with Crippen molar-refractivity contribution in [1.29, 1.82) is 0 Å². The summed E-state index contributed by atoms with van der Waals surface area (Å²) < 4.78 is 26.0. The van der Waals surface area contributed by atoms with Crippen LogP contribution in [-0.2, 0) is 16.1 Å². The third kappa shape index (κ3) is 7.15. The number of carboxylic acid groups (broad SMARTS) is 1. The lowest BCUT2D eigenvalue weighted by atomic mass is 9.90. The van der Waals surface area contributed by atoms with Gasteiger partial charge < -0.3 is 24.1 Å². The zero-order valence-electron chi connectivity index (χ0n) is 28.4. The monoisotopic (exact) mass is 818 g/mol. The molecule has 262 valence electrons. The summed E-state index contributed by atoms with van der Waals surface area (Å²) in [7, 11) is 3.11. The minimum atomic E-state index is -1.01. The minimum Gasteiger partial charge on any atom is -0.496 e. The van der Waals surface area contributed by atoms with E-state index in [4.69, 9.17) is 23.9 Å². The summed E-state index contributed by atoms with van der Waals surface area (Å²) >= 11 is 3.39. The standard InChI is InChI=1S/C39H35IN2O8S/c1-5-10-28-33(38(46)49-6-2)34(32-26-14-8-7-12-24(26)15-16-29(32)47-3)42-36(43)31(51-39(42)41-28)20-23-18-27(40)35(30(19-23)48-4)50-21-22-11-9-13-25(17-22)37(44)45/h7-9,11-20,34H,5-6,10,21H2,1-4H3,(H,44,45)/b31-20-/t34-/m0/s1. The van der Waals surface area contributed by atoms with Crippen LogP contribution in [0.15, 0.2) is 93.9 Å². The van der Waals surface area contributed by atoms with Crippen molar-refractivity contribution in [2.45, 2.75) is 39.3 Å². The second kappa shape index (κ2) is 15.5. The molecule has 5 aromatic rings. The van der Waals surface area contributed by atoms with Crippen molar-refractivity contribution < 1.29 is 33.6 Å². The number of aromatic carboxylic acids is 1. The normalized spacial score (nSPS) is 14.2. The van der Waals surface area contributed by atoms with Gasteiger partial charge >= 0.3 is 11.9 Å². The van der Waals surface area contributed by atoms with Crippen LogP contribution in [-0.4, -0.2) is 42.4 Å². The number of ether oxygens (including phenoxy) is 4. The summed E-state index contributed by atoms with van der Waals surface area (Å²) in [5, 5.41) is 11.1.